The standard InChI is InChI=1S/C14H11F2NO5S/c1-20-13(19)10-5-4-8(22-10)7-21-12(18)9-3-2-6-17-11(9)23-14(15)16/h2-6,14H,7H2,1H3. The lowest BCUT2D eigenvalue weighted by Crippen LogP contribution is -2.08. The molecule has 0 atom stereocenters. The molecule has 0 aliphatic rings. The molecule has 6 nitrogen and oxygen atoms in total. The van der Waals surface area contributed by atoms with Gasteiger partial charge in [0.05, 0.1) is 12.7 Å². The second-order valence-corrected chi connectivity index (χ2v) is 5.05. The van der Waals surface area contributed by atoms with E-state index in [9.17, 15) is 18.4 Å². The number of ether oxygens (including phenoxy) is 2. The highest BCUT2D eigenvalue weighted by Gasteiger charge is 2.19. The molecule has 0 aromatic carbocycles. The van der Waals surface area contributed by atoms with Crippen LogP contribution in [-0.2, 0) is 16.1 Å². The smallest absolute Gasteiger partial charge is 0.373 e. The third-order valence-corrected chi connectivity index (χ3v) is 3.31. The van der Waals surface area contributed by atoms with Crippen LogP contribution in [0, 0.1) is 0 Å². The third-order valence-electron chi connectivity index (χ3n) is 2.59. The number of carbonyl (C=O) groups is 2. The lowest BCUT2D eigenvalue weighted by molar-refractivity contribution is 0.0433. The van der Waals surface area contributed by atoms with Crippen LogP contribution < -0.4 is 0 Å². The van der Waals surface area contributed by atoms with E-state index in [1.54, 1.807) is 0 Å². The molecule has 0 unspecified atom stereocenters. The van der Waals surface area contributed by atoms with Gasteiger partial charge < -0.3 is 13.9 Å². The van der Waals surface area contributed by atoms with Crippen molar-refractivity contribution < 1.29 is 32.3 Å². The number of halogens is 2. The van der Waals surface area contributed by atoms with Gasteiger partial charge in [0.1, 0.15) is 17.4 Å². The molecule has 0 radical (unpaired) electrons. The van der Waals surface area contributed by atoms with Gasteiger partial charge in [-0.1, -0.05) is 0 Å². The van der Waals surface area contributed by atoms with Crippen LogP contribution in [0.3, 0.4) is 0 Å². The zero-order chi connectivity index (χ0) is 16.8. The summed E-state index contributed by atoms with van der Waals surface area (Å²) in [4.78, 5) is 26.9. The van der Waals surface area contributed by atoms with Crippen molar-refractivity contribution in [3.05, 3.63) is 47.5 Å². The van der Waals surface area contributed by atoms with Crippen LogP contribution in [0.2, 0.25) is 0 Å². The van der Waals surface area contributed by atoms with Crippen molar-refractivity contribution >= 4 is 23.7 Å². The molecular weight excluding hydrogens is 332 g/mol. The second-order valence-electron chi connectivity index (χ2n) is 4.07. The molecule has 2 heterocycles. The SMILES string of the molecule is COC(=O)c1ccc(COC(=O)c2cccnc2SC(F)F)o1. The van der Waals surface area contributed by atoms with Crippen LogP contribution in [0.1, 0.15) is 26.7 Å². The summed E-state index contributed by atoms with van der Waals surface area (Å²) in [6.07, 6.45) is 1.30. The Hall–Kier alpha value is -2.42. The van der Waals surface area contributed by atoms with E-state index in [1.165, 1.54) is 37.6 Å². The molecule has 2 aromatic heterocycles. The largest absolute Gasteiger partial charge is 0.463 e. The predicted octanol–water partition coefficient (Wildman–Crippen LogP) is 3.13. The van der Waals surface area contributed by atoms with Gasteiger partial charge in [-0.15, -0.1) is 0 Å². The Labute approximate surface area is 133 Å². The predicted molar refractivity (Wildman–Crippen MR) is 75.3 cm³/mol. The van der Waals surface area contributed by atoms with Crippen molar-refractivity contribution in [2.24, 2.45) is 0 Å². The summed E-state index contributed by atoms with van der Waals surface area (Å²) in [5.41, 5.74) is -0.0717. The van der Waals surface area contributed by atoms with E-state index in [4.69, 9.17) is 9.15 Å². The number of pyridine rings is 1. The van der Waals surface area contributed by atoms with Crippen molar-refractivity contribution in [3.63, 3.8) is 0 Å². The average Bonchev–Trinajstić information content (AvgIpc) is 3.00. The van der Waals surface area contributed by atoms with Gasteiger partial charge in [-0.05, 0) is 36.0 Å². The van der Waals surface area contributed by atoms with E-state index in [2.05, 4.69) is 9.72 Å². The lowest BCUT2D eigenvalue weighted by Gasteiger charge is -2.07. The third kappa shape index (κ3) is 4.52. The summed E-state index contributed by atoms with van der Waals surface area (Å²) in [5.74, 6) is -4.01. The molecule has 122 valence electrons. The monoisotopic (exact) mass is 343 g/mol. The van der Waals surface area contributed by atoms with Crippen LogP contribution in [0.25, 0.3) is 0 Å². The molecule has 2 aromatic rings. The van der Waals surface area contributed by atoms with Gasteiger partial charge >= 0.3 is 11.9 Å². The van der Waals surface area contributed by atoms with E-state index in [1.807, 2.05) is 0 Å². The summed E-state index contributed by atoms with van der Waals surface area (Å²) < 4.78 is 39.5. The van der Waals surface area contributed by atoms with Crippen molar-refractivity contribution in [2.75, 3.05) is 7.11 Å². The lowest BCUT2D eigenvalue weighted by atomic mass is 10.3. The first-order valence-electron chi connectivity index (χ1n) is 6.25. The minimum absolute atomic E-state index is 0.0335. The number of carbonyl (C=O) groups excluding carboxylic acids is 2. The van der Waals surface area contributed by atoms with Crippen molar-refractivity contribution in [1.82, 2.24) is 4.98 Å². The molecule has 0 aliphatic heterocycles. The van der Waals surface area contributed by atoms with Crippen LogP contribution in [-0.4, -0.2) is 29.8 Å². The number of methoxy groups -OCH3 is 1. The van der Waals surface area contributed by atoms with Crippen molar-refractivity contribution in [2.45, 2.75) is 17.4 Å². The summed E-state index contributed by atoms with van der Waals surface area (Å²) in [6, 6.07) is 5.59. The molecule has 0 aliphatic carbocycles. The van der Waals surface area contributed by atoms with Gasteiger partial charge in [-0.2, -0.15) is 8.78 Å². The Bertz CT molecular complexity index is 704. The minimum Gasteiger partial charge on any atom is -0.463 e. The molecule has 23 heavy (non-hydrogen) atoms. The molecule has 0 bridgehead atoms. The fraction of sp³-hybridized carbons (Fsp3) is 0.214. The number of thioether (sulfide) groups is 1. The summed E-state index contributed by atoms with van der Waals surface area (Å²) in [7, 11) is 1.20. The molecule has 0 amide bonds. The summed E-state index contributed by atoms with van der Waals surface area (Å²) in [5, 5.41) is -0.123. The van der Waals surface area contributed by atoms with E-state index in [0.29, 0.717) is 0 Å². The highest BCUT2D eigenvalue weighted by atomic mass is 32.2. The van der Waals surface area contributed by atoms with Crippen LogP contribution in [0.5, 0.6) is 0 Å². The number of nitrogens with zero attached hydrogens (tertiary/aromatic N) is 1. The molecular formula is C14H11F2NO5S. The molecule has 0 spiro atoms. The van der Waals surface area contributed by atoms with Gasteiger partial charge in [0.25, 0.3) is 5.76 Å². The van der Waals surface area contributed by atoms with E-state index >= 15 is 0 Å². The van der Waals surface area contributed by atoms with Gasteiger partial charge in [0.2, 0.25) is 5.76 Å². The maximum atomic E-state index is 12.4. The number of hydrogen-bond acceptors (Lipinski definition) is 7. The van der Waals surface area contributed by atoms with Gasteiger partial charge in [-0.3, -0.25) is 0 Å². The number of esters is 2. The molecule has 2 rings (SSSR count). The fourth-order valence-electron chi connectivity index (χ4n) is 1.60. The minimum atomic E-state index is -2.70. The first-order valence-corrected chi connectivity index (χ1v) is 7.13. The van der Waals surface area contributed by atoms with Crippen molar-refractivity contribution in [3.8, 4) is 0 Å². The van der Waals surface area contributed by atoms with Crippen molar-refractivity contribution in [1.29, 1.82) is 0 Å². The Kier molecular flexibility index (Phi) is 5.69. The van der Waals surface area contributed by atoms with E-state index in [-0.39, 0.29) is 40.5 Å². The topological polar surface area (TPSA) is 78.6 Å². The second kappa shape index (κ2) is 7.73. The van der Waals surface area contributed by atoms with E-state index < -0.39 is 17.7 Å². The zero-order valence-corrected chi connectivity index (χ0v) is 12.6. The Morgan fingerprint density at radius 3 is 2.78 bits per heavy atom. The summed E-state index contributed by atoms with van der Waals surface area (Å²) >= 11 is 0.156. The Morgan fingerprint density at radius 1 is 1.30 bits per heavy atom. The van der Waals surface area contributed by atoms with Gasteiger partial charge in [0, 0.05) is 6.20 Å². The molecule has 0 N–H and O–H groups in total. The van der Waals surface area contributed by atoms with Crippen LogP contribution in [0.15, 0.2) is 39.9 Å². The van der Waals surface area contributed by atoms with E-state index in [0.717, 1.165) is 0 Å². The Morgan fingerprint density at radius 2 is 2.09 bits per heavy atom. The number of aromatic nitrogens is 1. The fourth-order valence-corrected chi connectivity index (χ4v) is 2.17. The maximum Gasteiger partial charge on any atom is 0.373 e. The zero-order valence-electron chi connectivity index (χ0n) is 11.8. The first-order chi connectivity index (χ1) is 11.0. The average molecular weight is 343 g/mol. The molecule has 0 saturated heterocycles. The Balaban J connectivity index is 2.02. The van der Waals surface area contributed by atoms with Gasteiger partial charge in [-0.25, -0.2) is 14.6 Å². The summed E-state index contributed by atoms with van der Waals surface area (Å²) in [6.45, 7) is -0.260. The maximum absolute atomic E-state index is 12.4. The number of hydrogen-bond donors (Lipinski definition) is 0. The van der Waals surface area contributed by atoms with Gasteiger partial charge in [0.15, 0.2) is 0 Å². The first kappa shape index (κ1) is 16.9. The number of furan rings is 1. The number of rotatable bonds is 6. The normalized spacial score (nSPS) is 10.6. The molecule has 9 heteroatoms. The highest BCUT2D eigenvalue weighted by molar-refractivity contribution is 7.99. The quantitative estimate of drug-likeness (QED) is 0.589. The van der Waals surface area contributed by atoms with Crippen LogP contribution in [0.4, 0.5) is 8.78 Å². The molecule has 0 fully saturated rings. The van der Waals surface area contributed by atoms with Crippen LogP contribution >= 0.6 is 11.8 Å². The molecule has 0 saturated carbocycles. The highest BCUT2D eigenvalue weighted by Crippen LogP contribution is 2.26. The number of alkyl halides is 2.